The molecule has 2 amide bonds. The van der Waals surface area contributed by atoms with Gasteiger partial charge in [0.1, 0.15) is 17.0 Å². The SMILES string of the molecule is COc1ccc2c(CC(=O)OCC(=O)NC(=O)c3cccn3C)coc2c1. The lowest BCUT2D eigenvalue weighted by atomic mass is 10.1. The molecule has 8 heteroatoms. The van der Waals surface area contributed by atoms with E-state index in [1.165, 1.54) is 6.26 Å². The van der Waals surface area contributed by atoms with E-state index >= 15 is 0 Å². The van der Waals surface area contributed by atoms with Crippen LogP contribution in [0.3, 0.4) is 0 Å². The molecular formula is C19H18N2O6. The first-order valence-electron chi connectivity index (χ1n) is 8.13. The highest BCUT2D eigenvalue weighted by Gasteiger charge is 2.16. The van der Waals surface area contributed by atoms with E-state index in [1.807, 2.05) is 0 Å². The van der Waals surface area contributed by atoms with Crippen molar-refractivity contribution >= 4 is 28.8 Å². The molecule has 0 unspecified atom stereocenters. The topological polar surface area (TPSA) is 99.8 Å². The normalized spacial score (nSPS) is 10.6. The summed E-state index contributed by atoms with van der Waals surface area (Å²) in [6.45, 7) is -0.543. The molecule has 0 atom stereocenters. The van der Waals surface area contributed by atoms with Crippen molar-refractivity contribution < 1.29 is 28.3 Å². The monoisotopic (exact) mass is 370 g/mol. The fraction of sp³-hybridized carbons (Fsp3) is 0.211. The van der Waals surface area contributed by atoms with Crippen molar-refractivity contribution in [1.82, 2.24) is 9.88 Å². The maximum atomic E-state index is 12.0. The molecule has 0 spiro atoms. The number of hydrogen-bond acceptors (Lipinski definition) is 6. The number of amides is 2. The van der Waals surface area contributed by atoms with Gasteiger partial charge in [-0.2, -0.15) is 0 Å². The van der Waals surface area contributed by atoms with E-state index in [2.05, 4.69) is 5.32 Å². The van der Waals surface area contributed by atoms with Gasteiger partial charge in [-0.1, -0.05) is 0 Å². The van der Waals surface area contributed by atoms with Gasteiger partial charge in [0.25, 0.3) is 11.8 Å². The zero-order valence-electron chi connectivity index (χ0n) is 14.9. The molecule has 2 aromatic heterocycles. The zero-order valence-corrected chi connectivity index (χ0v) is 14.9. The number of rotatable bonds is 6. The van der Waals surface area contributed by atoms with Crippen molar-refractivity contribution in [3.8, 4) is 5.75 Å². The third kappa shape index (κ3) is 4.17. The number of nitrogens with zero attached hydrogens (tertiary/aromatic N) is 1. The molecule has 0 bridgehead atoms. The molecule has 0 saturated carbocycles. The number of aryl methyl sites for hydroxylation is 1. The lowest BCUT2D eigenvalue weighted by molar-refractivity contribution is -0.147. The summed E-state index contributed by atoms with van der Waals surface area (Å²) in [6, 6.07) is 8.52. The van der Waals surface area contributed by atoms with Crippen LogP contribution in [-0.2, 0) is 27.8 Å². The van der Waals surface area contributed by atoms with Crippen LogP contribution < -0.4 is 10.1 Å². The number of benzene rings is 1. The van der Waals surface area contributed by atoms with Crippen molar-refractivity contribution in [1.29, 1.82) is 0 Å². The van der Waals surface area contributed by atoms with E-state index in [0.29, 0.717) is 22.6 Å². The molecule has 0 aliphatic carbocycles. The van der Waals surface area contributed by atoms with Crippen LogP contribution in [0.15, 0.2) is 47.2 Å². The highest BCUT2D eigenvalue weighted by molar-refractivity contribution is 6.04. The molecule has 8 nitrogen and oxygen atoms in total. The highest BCUT2D eigenvalue weighted by Crippen LogP contribution is 2.26. The standard InChI is InChI=1S/C19H18N2O6/c1-21-7-3-4-15(21)19(24)20-17(22)11-27-18(23)8-12-10-26-16-9-13(25-2)5-6-14(12)16/h3-7,9-10H,8,11H2,1-2H3,(H,20,22,24). The predicted octanol–water partition coefficient (Wildman–Crippen LogP) is 1.82. The summed E-state index contributed by atoms with van der Waals surface area (Å²) in [4.78, 5) is 35.7. The van der Waals surface area contributed by atoms with Gasteiger partial charge in [0.15, 0.2) is 6.61 Å². The smallest absolute Gasteiger partial charge is 0.310 e. The van der Waals surface area contributed by atoms with Gasteiger partial charge in [-0.05, 0) is 24.3 Å². The first-order chi connectivity index (χ1) is 13.0. The largest absolute Gasteiger partial charge is 0.497 e. The molecule has 0 saturated heterocycles. The van der Waals surface area contributed by atoms with Gasteiger partial charge in [-0.3, -0.25) is 19.7 Å². The molecular weight excluding hydrogens is 352 g/mol. The minimum absolute atomic E-state index is 0.0572. The highest BCUT2D eigenvalue weighted by atomic mass is 16.5. The zero-order chi connectivity index (χ0) is 19.4. The number of carbonyl (C=O) groups excluding carboxylic acids is 3. The van der Waals surface area contributed by atoms with E-state index in [4.69, 9.17) is 13.9 Å². The Morgan fingerprint density at radius 2 is 2.04 bits per heavy atom. The Bertz CT molecular complexity index is 1000. The Hall–Kier alpha value is -3.55. The summed E-state index contributed by atoms with van der Waals surface area (Å²) < 4.78 is 17.0. The Balaban J connectivity index is 1.53. The summed E-state index contributed by atoms with van der Waals surface area (Å²) in [5.41, 5.74) is 1.55. The lowest BCUT2D eigenvalue weighted by Crippen LogP contribution is -2.35. The van der Waals surface area contributed by atoms with Crippen LogP contribution in [0.4, 0.5) is 0 Å². The molecule has 2 heterocycles. The van der Waals surface area contributed by atoms with Crippen LogP contribution in [-0.4, -0.2) is 36.1 Å². The predicted molar refractivity (Wildman–Crippen MR) is 95.3 cm³/mol. The van der Waals surface area contributed by atoms with E-state index in [9.17, 15) is 14.4 Å². The van der Waals surface area contributed by atoms with Gasteiger partial charge in [-0.15, -0.1) is 0 Å². The number of esters is 1. The van der Waals surface area contributed by atoms with Crippen LogP contribution >= 0.6 is 0 Å². The molecule has 0 fully saturated rings. The van der Waals surface area contributed by atoms with Crippen LogP contribution in [0, 0.1) is 0 Å². The van der Waals surface area contributed by atoms with Crippen molar-refractivity contribution in [3.63, 3.8) is 0 Å². The van der Waals surface area contributed by atoms with Crippen molar-refractivity contribution in [2.24, 2.45) is 7.05 Å². The van der Waals surface area contributed by atoms with Crippen molar-refractivity contribution in [3.05, 3.63) is 54.0 Å². The quantitative estimate of drug-likeness (QED) is 0.665. The van der Waals surface area contributed by atoms with Crippen LogP contribution in [0.5, 0.6) is 5.75 Å². The molecule has 1 N–H and O–H groups in total. The summed E-state index contributed by atoms with van der Waals surface area (Å²) in [6.07, 6.45) is 3.09. The molecule has 3 aromatic rings. The second-order valence-corrected chi connectivity index (χ2v) is 5.84. The Kier molecular flexibility index (Phi) is 5.25. The second-order valence-electron chi connectivity index (χ2n) is 5.84. The Morgan fingerprint density at radius 1 is 1.22 bits per heavy atom. The van der Waals surface area contributed by atoms with Crippen molar-refractivity contribution in [2.75, 3.05) is 13.7 Å². The van der Waals surface area contributed by atoms with Crippen LogP contribution in [0.2, 0.25) is 0 Å². The second kappa shape index (κ2) is 7.77. The summed E-state index contributed by atoms with van der Waals surface area (Å²) in [5, 5.41) is 2.93. The lowest BCUT2D eigenvalue weighted by Gasteiger charge is -2.06. The Morgan fingerprint density at radius 3 is 2.74 bits per heavy atom. The van der Waals surface area contributed by atoms with Crippen molar-refractivity contribution in [2.45, 2.75) is 6.42 Å². The minimum Gasteiger partial charge on any atom is -0.497 e. The maximum Gasteiger partial charge on any atom is 0.310 e. The average molecular weight is 370 g/mol. The summed E-state index contributed by atoms with van der Waals surface area (Å²) >= 11 is 0. The van der Waals surface area contributed by atoms with E-state index in [-0.39, 0.29) is 6.42 Å². The average Bonchev–Trinajstić information content (AvgIpc) is 3.25. The number of fused-ring (bicyclic) bond motifs is 1. The van der Waals surface area contributed by atoms with Gasteiger partial charge >= 0.3 is 5.97 Å². The number of nitrogens with one attached hydrogen (secondary N) is 1. The number of methoxy groups -OCH3 is 1. The molecule has 0 aliphatic rings. The molecule has 140 valence electrons. The van der Waals surface area contributed by atoms with Gasteiger partial charge < -0.3 is 18.5 Å². The van der Waals surface area contributed by atoms with E-state index < -0.39 is 24.4 Å². The number of aromatic nitrogens is 1. The minimum atomic E-state index is -0.698. The number of ether oxygens (including phenoxy) is 2. The van der Waals surface area contributed by atoms with Gasteiger partial charge in [-0.25, -0.2) is 0 Å². The third-order valence-electron chi connectivity index (χ3n) is 3.99. The molecule has 27 heavy (non-hydrogen) atoms. The first-order valence-corrected chi connectivity index (χ1v) is 8.13. The van der Waals surface area contributed by atoms with Gasteiger partial charge in [0.05, 0.1) is 19.8 Å². The molecule has 3 rings (SSSR count). The van der Waals surface area contributed by atoms with Gasteiger partial charge in [0.2, 0.25) is 0 Å². The summed E-state index contributed by atoms with van der Waals surface area (Å²) in [7, 11) is 3.24. The van der Waals surface area contributed by atoms with Gasteiger partial charge in [0, 0.05) is 30.3 Å². The third-order valence-corrected chi connectivity index (χ3v) is 3.99. The van der Waals surface area contributed by atoms with E-state index in [1.54, 1.807) is 55.3 Å². The Labute approximate surface area is 154 Å². The molecule has 1 aromatic carbocycles. The number of furan rings is 1. The van der Waals surface area contributed by atoms with Crippen LogP contribution in [0.25, 0.3) is 11.0 Å². The fourth-order valence-electron chi connectivity index (χ4n) is 2.60. The molecule has 0 aliphatic heterocycles. The first kappa shape index (κ1) is 18.2. The fourth-order valence-corrected chi connectivity index (χ4v) is 2.60. The number of imide groups is 1. The number of carbonyl (C=O) groups is 3. The van der Waals surface area contributed by atoms with E-state index in [0.717, 1.165) is 5.39 Å². The molecule has 0 radical (unpaired) electrons. The number of hydrogen-bond donors (Lipinski definition) is 1. The maximum absolute atomic E-state index is 12.0. The van der Waals surface area contributed by atoms with Crippen LogP contribution in [0.1, 0.15) is 16.1 Å². The summed E-state index contributed by atoms with van der Waals surface area (Å²) in [5.74, 6) is -1.21.